The summed E-state index contributed by atoms with van der Waals surface area (Å²) in [5, 5.41) is 0. The Morgan fingerprint density at radius 2 is 1.82 bits per heavy atom. The SMILES string of the molecule is CCCOC(=O)c1ccc(N=Cc2ccc(SC)cc2)cc1. The van der Waals surface area contributed by atoms with E-state index in [1.807, 2.05) is 37.4 Å². The Bertz CT molecular complexity index is 633. The van der Waals surface area contributed by atoms with Crippen molar-refractivity contribution >= 4 is 29.6 Å². The van der Waals surface area contributed by atoms with Crippen LogP contribution in [0.5, 0.6) is 0 Å². The first-order valence-corrected chi connectivity index (χ1v) is 8.40. The van der Waals surface area contributed by atoms with Crippen LogP contribution in [0.2, 0.25) is 0 Å². The van der Waals surface area contributed by atoms with E-state index in [4.69, 9.17) is 4.74 Å². The van der Waals surface area contributed by atoms with Gasteiger partial charge >= 0.3 is 5.97 Å². The van der Waals surface area contributed by atoms with Gasteiger partial charge < -0.3 is 4.74 Å². The van der Waals surface area contributed by atoms with Crippen LogP contribution in [-0.2, 0) is 4.74 Å². The van der Waals surface area contributed by atoms with Crippen molar-refractivity contribution in [1.29, 1.82) is 0 Å². The first-order valence-electron chi connectivity index (χ1n) is 7.18. The molecule has 0 aliphatic heterocycles. The number of nitrogens with zero attached hydrogens (tertiary/aromatic N) is 1. The summed E-state index contributed by atoms with van der Waals surface area (Å²) in [4.78, 5) is 17.3. The van der Waals surface area contributed by atoms with Crippen LogP contribution in [0, 0.1) is 0 Å². The highest BCUT2D eigenvalue weighted by Gasteiger charge is 2.05. The van der Waals surface area contributed by atoms with Gasteiger partial charge in [0.2, 0.25) is 0 Å². The molecule has 0 aromatic heterocycles. The number of hydrogen-bond donors (Lipinski definition) is 0. The molecule has 0 unspecified atom stereocenters. The summed E-state index contributed by atoms with van der Waals surface area (Å²) in [6.45, 7) is 2.42. The largest absolute Gasteiger partial charge is 0.462 e. The van der Waals surface area contributed by atoms with Gasteiger partial charge in [0.1, 0.15) is 0 Å². The highest BCUT2D eigenvalue weighted by Crippen LogP contribution is 2.16. The minimum Gasteiger partial charge on any atom is -0.462 e. The number of carbonyl (C=O) groups is 1. The van der Waals surface area contributed by atoms with E-state index >= 15 is 0 Å². The van der Waals surface area contributed by atoms with E-state index in [0.717, 1.165) is 17.7 Å². The van der Waals surface area contributed by atoms with Crippen LogP contribution in [0.15, 0.2) is 58.4 Å². The van der Waals surface area contributed by atoms with Gasteiger partial charge in [-0.15, -0.1) is 11.8 Å². The Kier molecular flexibility index (Phi) is 6.22. The van der Waals surface area contributed by atoms with Gasteiger partial charge in [-0.25, -0.2) is 4.79 Å². The second-order valence-electron chi connectivity index (χ2n) is 4.71. The van der Waals surface area contributed by atoms with Crippen LogP contribution in [0.1, 0.15) is 29.3 Å². The summed E-state index contributed by atoms with van der Waals surface area (Å²) >= 11 is 1.71. The van der Waals surface area contributed by atoms with Crippen LogP contribution < -0.4 is 0 Å². The monoisotopic (exact) mass is 313 g/mol. The van der Waals surface area contributed by atoms with Gasteiger partial charge in [-0.2, -0.15) is 0 Å². The molecule has 0 saturated carbocycles. The van der Waals surface area contributed by atoms with Crippen LogP contribution in [-0.4, -0.2) is 25.0 Å². The molecule has 0 amide bonds. The molecule has 0 saturated heterocycles. The Morgan fingerprint density at radius 3 is 2.41 bits per heavy atom. The summed E-state index contributed by atoms with van der Waals surface area (Å²) in [6.07, 6.45) is 4.69. The molecular formula is C18H19NO2S. The molecule has 0 radical (unpaired) electrons. The maximum absolute atomic E-state index is 11.7. The number of carbonyl (C=O) groups excluding carboxylic acids is 1. The van der Waals surface area contributed by atoms with Crippen molar-refractivity contribution in [3.8, 4) is 0 Å². The number of ether oxygens (including phenoxy) is 1. The Balaban J connectivity index is 2.00. The number of hydrogen-bond acceptors (Lipinski definition) is 4. The van der Waals surface area contributed by atoms with Gasteiger partial charge in [0.15, 0.2) is 0 Å². The molecule has 114 valence electrons. The fraction of sp³-hybridized carbons (Fsp3) is 0.222. The summed E-state index contributed by atoms with van der Waals surface area (Å²) in [6, 6.07) is 15.3. The van der Waals surface area contributed by atoms with E-state index in [1.165, 1.54) is 4.90 Å². The quantitative estimate of drug-likeness (QED) is 0.440. The summed E-state index contributed by atoms with van der Waals surface area (Å²) in [5.41, 5.74) is 2.40. The fourth-order valence-corrected chi connectivity index (χ4v) is 2.21. The molecule has 2 aromatic rings. The van der Waals surface area contributed by atoms with Crippen molar-refractivity contribution in [3.63, 3.8) is 0 Å². The third-order valence-electron chi connectivity index (χ3n) is 3.02. The second kappa shape index (κ2) is 8.39. The highest BCUT2D eigenvalue weighted by molar-refractivity contribution is 7.98. The van der Waals surface area contributed by atoms with Gasteiger partial charge in [-0.3, -0.25) is 4.99 Å². The second-order valence-corrected chi connectivity index (χ2v) is 5.59. The van der Waals surface area contributed by atoms with Crippen molar-refractivity contribution in [2.45, 2.75) is 18.2 Å². The predicted molar refractivity (Wildman–Crippen MR) is 92.5 cm³/mol. The normalized spacial score (nSPS) is 10.8. The first kappa shape index (κ1) is 16.3. The smallest absolute Gasteiger partial charge is 0.338 e. The number of esters is 1. The van der Waals surface area contributed by atoms with Gasteiger partial charge in [-0.05, 0) is 54.6 Å². The molecule has 0 heterocycles. The first-order chi connectivity index (χ1) is 10.7. The van der Waals surface area contributed by atoms with Gasteiger partial charge in [0, 0.05) is 11.1 Å². The van der Waals surface area contributed by atoms with E-state index in [2.05, 4.69) is 23.4 Å². The zero-order valence-electron chi connectivity index (χ0n) is 12.8. The van der Waals surface area contributed by atoms with Crippen molar-refractivity contribution in [2.75, 3.05) is 12.9 Å². The van der Waals surface area contributed by atoms with Crippen LogP contribution in [0.3, 0.4) is 0 Å². The van der Waals surface area contributed by atoms with Crippen molar-refractivity contribution in [1.82, 2.24) is 0 Å². The van der Waals surface area contributed by atoms with E-state index in [1.54, 1.807) is 23.9 Å². The number of rotatable bonds is 6. The molecule has 4 heteroatoms. The Labute approximate surface area is 135 Å². The molecule has 0 spiro atoms. The zero-order valence-corrected chi connectivity index (χ0v) is 13.6. The van der Waals surface area contributed by atoms with Crippen molar-refractivity contribution in [3.05, 3.63) is 59.7 Å². The van der Waals surface area contributed by atoms with E-state index in [9.17, 15) is 4.79 Å². The number of aliphatic imine (C=N–C) groups is 1. The maximum atomic E-state index is 11.7. The van der Waals surface area contributed by atoms with E-state index in [0.29, 0.717) is 12.2 Å². The van der Waals surface area contributed by atoms with Crippen molar-refractivity contribution < 1.29 is 9.53 Å². The van der Waals surface area contributed by atoms with Gasteiger partial charge in [-0.1, -0.05) is 19.1 Å². The molecule has 0 aliphatic rings. The third-order valence-corrected chi connectivity index (χ3v) is 3.76. The number of thioether (sulfide) groups is 1. The topological polar surface area (TPSA) is 38.7 Å². The van der Waals surface area contributed by atoms with E-state index in [-0.39, 0.29) is 5.97 Å². The van der Waals surface area contributed by atoms with E-state index < -0.39 is 0 Å². The predicted octanol–water partition coefficient (Wildman–Crippen LogP) is 4.73. The maximum Gasteiger partial charge on any atom is 0.338 e. The molecular weight excluding hydrogens is 294 g/mol. The molecule has 0 aliphatic carbocycles. The summed E-state index contributed by atoms with van der Waals surface area (Å²) in [7, 11) is 0. The summed E-state index contributed by atoms with van der Waals surface area (Å²) < 4.78 is 5.09. The zero-order chi connectivity index (χ0) is 15.8. The highest BCUT2D eigenvalue weighted by atomic mass is 32.2. The van der Waals surface area contributed by atoms with Gasteiger partial charge in [0.25, 0.3) is 0 Å². The lowest BCUT2D eigenvalue weighted by atomic mass is 10.2. The fourth-order valence-electron chi connectivity index (χ4n) is 1.80. The van der Waals surface area contributed by atoms with Crippen molar-refractivity contribution in [2.24, 2.45) is 4.99 Å². The van der Waals surface area contributed by atoms with Gasteiger partial charge in [0.05, 0.1) is 17.9 Å². The summed E-state index contributed by atoms with van der Waals surface area (Å²) in [5.74, 6) is -0.287. The molecule has 2 rings (SSSR count). The third kappa shape index (κ3) is 4.74. The van der Waals surface area contributed by atoms with Crippen LogP contribution >= 0.6 is 11.8 Å². The average Bonchev–Trinajstić information content (AvgIpc) is 2.58. The number of benzene rings is 2. The molecule has 2 aromatic carbocycles. The molecule has 0 N–H and O–H groups in total. The molecule has 0 atom stereocenters. The molecule has 22 heavy (non-hydrogen) atoms. The molecule has 0 bridgehead atoms. The molecule has 3 nitrogen and oxygen atoms in total. The lowest BCUT2D eigenvalue weighted by Gasteiger charge is -2.03. The lowest BCUT2D eigenvalue weighted by Crippen LogP contribution is -2.05. The standard InChI is InChI=1S/C18H19NO2S/c1-3-12-21-18(20)15-6-8-16(9-7-15)19-13-14-4-10-17(22-2)11-5-14/h4-11,13H,3,12H2,1-2H3. The minimum atomic E-state index is -0.287. The Hall–Kier alpha value is -2.07. The molecule has 0 fully saturated rings. The minimum absolute atomic E-state index is 0.287. The van der Waals surface area contributed by atoms with Crippen LogP contribution in [0.4, 0.5) is 5.69 Å². The average molecular weight is 313 g/mol. The Morgan fingerprint density at radius 1 is 1.14 bits per heavy atom. The lowest BCUT2D eigenvalue weighted by molar-refractivity contribution is 0.0505. The van der Waals surface area contributed by atoms with Crippen LogP contribution in [0.25, 0.3) is 0 Å².